The molecule has 1 N–H and O–H groups in total. The molecule has 0 aromatic heterocycles. The fraction of sp³-hybridized carbons (Fsp3) is 0.240. The highest BCUT2D eigenvalue weighted by molar-refractivity contribution is 5.74. The molecule has 0 spiro atoms. The Bertz CT molecular complexity index is 947. The maximum atomic E-state index is 12.8. The number of ether oxygens (including phenoxy) is 1. The molecule has 1 saturated heterocycles. The van der Waals surface area contributed by atoms with Gasteiger partial charge in [-0.25, -0.2) is 4.79 Å². The Kier molecular flexibility index (Phi) is 6.50. The molecule has 3 aromatic carbocycles. The SMILES string of the molecule is O=C(NCc1ccccc1Oc1ccccc1)N1CCCN(c2ccccc2)CC1. The average molecular weight is 402 g/mol. The van der Waals surface area contributed by atoms with Crippen LogP contribution in [0.4, 0.5) is 10.5 Å². The number of carbonyl (C=O) groups excluding carboxylic acids is 1. The number of para-hydroxylation sites is 3. The van der Waals surface area contributed by atoms with Gasteiger partial charge in [0.05, 0.1) is 0 Å². The lowest BCUT2D eigenvalue weighted by Gasteiger charge is -2.24. The van der Waals surface area contributed by atoms with Crippen LogP contribution in [0.3, 0.4) is 0 Å². The van der Waals surface area contributed by atoms with Gasteiger partial charge in [0.1, 0.15) is 11.5 Å². The molecule has 0 radical (unpaired) electrons. The van der Waals surface area contributed by atoms with Gasteiger partial charge < -0.3 is 19.9 Å². The standard InChI is InChI=1S/C25H27N3O2/c29-25(28-17-9-16-27(18-19-28)22-11-3-1-4-12-22)26-20-21-10-7-8-15-24(21)30-23-13-5-2-6-14-23/h1-8,10-15H,9,16-20H2,(H,26,29). The van der Waals surface area contributed by atoms with E-state index in [9.17, 15) is 4.79 Å². The van der Waals surface area contributed by atoms with Gasteiger partial charge in [-0.15, -0.1) is 0 Å². The molecule has 0 atom stereocenters. The fourth-order valence-corrected chi connectivity index (χ4v) is 3.67. The summed E-state index contributed by atoms with van der Waals surface area (Å²) in [6, 6.07) is 27.9. The Hall–Kier alpha value is -3.47. The number of hydrogen-bond donors (Lipinski definition) is 1. The minimum atomic E-state index is -0.0283. The summed E-state index contributed by atoms with van der Waals surface area (Å²) in [5.74, 6) is 1.54. The molecule has 3 aromatic rings. The van der Waals surface area contributed by atoms with Crippen molar-refractivity contribution < 1.29 is 9.53 Å². The van der Waals surface area contributed by atoms with Crippen molar-refractivity contribution in [3.05, 3.63) is 90.5 Å². The van der Waals surface area contributed by atoms with Crippen LogP contribution in [0.15, 0.2) is 84.9 Å². The molecule has 0 bridgehead atoms. The van der Waals surface area contributed by atoms with E-state index in [0.717, 1.165) is 43.1 Å². The zero-order valence-corrected chi connectivity index (χ0v) is 17.0. The van der Waals surface area contributed by atoms with Crippen LogP contribution < -0.4 is 15.0 Å². The highest BCUT2D eigenvalue weighted by Crippen LogP contribution is 2.25. The number of nitrogens with zero attached hydrogens (tertiary/aromatic N) is 2. The average Bonchev–Trinajstić information content (AvgIpc) is 3.06. The van der Waals surface area contributed by atoms with Crippen LogP contribution in [0.5, 0.6) is 11.5 Å². The normalized spacial score (nSPS) is 14.1. The van der Waals surface area contributed by atoms with Gasteiger partial charge in [0.15, 0.2) is 0 Å². The molecule has 4 rings (SSSR count). The van der Waals surface area contributed by atoms with E-state index in [1.165, 1.54) is 5.69 Å². The zero-order chi connectivity index (χ0) is 20.6. The Morgan fingerprint density at radius 1 is 0.800 bits per heavy atom. The van der Waals surface area contributed by atoms with Gasteiger partial charge in [-0.05, 0) is 36.8 Å². The molecule has 0 saturated carbocycles. The summed E-state index contributed by atoms with van der Waals surface area (Å²) in [5.41, 5.74) is 2.17. The minimum Gasteiger partial charge on any atom is -0.457 e. The van der Waals surface area contributed by atoms with Gasteiger partial charge in [-0.2, -0.15) is 0 Å². The summed E-state index contributed by atoms with van der Waals surface area (Å²) in [6.45, 7) is 3.70. The van der Waals surface area contributed by atoms with Crippen molar-refractivity contribution >= 4 is 11.7 Å². The predicted molar refractivity (Wildman–Crippen MR) is 120 cm³/mol. The molecule has 5 heteroatoms. The third kappa shape index (κ3) is 5.11. The predicted octanol–water partition coefficient (Wildman–Crippen LogP) is 4.90. The maximum Gasteiger partial charge on any atom is 0.317 e. The second-order valence-corrected chi connectivity index (χ2v) is 7.34. The first-order valence-corrected chi connectivity index (χ1v) is 10.4. The summed E-state index contributed by atoms with van der Waals surface area (Å²) in [5, 5.41) is 3.07. The second-order valence-electron chi connectivity index (χ2n) is 7.34. The van der Waals surface area contributed by atoms with Crippen molar-refractivity contribution in [1.82, 2.24) is 10.2 Å². The number of hydrogen-bond acceptors (Lipinski definition) is 3. The first kappa shape index (κ1) is 19.8. The van der Waals surface area contributed by atoms with Gasteiger partial charge in [0.2, 0.25) is 0 Å². The third-order valence-corrected chi connectivity index (χ3v) is 5.28. The van der Waals surface area contributed by atoms with E-state index in [0.29, 0.717) is 13.1 Å². The number of amides is 2. The maximum absolute atomic E-state index is 12.8. The Morgan fingerprint density at radius 3 is 2.30 bits per heavy atom. The Balaban J connectivity index is 1.34. The zero-order valence-electron chi connectivity index (χ0n) is 17.0. The molecular formula is C25H27N3O2. The van der Waals surface area contributed by atoms with Crippen molar-refractivity contribution in [2.45, 2.75) is 13.0 Å². The Labute approximate surface area is 177 Å². The smallest absolute Gasteiger partial charge is 0.317 e. The summed E-state index contributed by atoms with van der Waals surface area (Å²) in [4.78, 5) is 17.0. The number of nitrogens with one attached hydrogen (secondary N) is 1. The van der Waals surface area contributed by atoms with Crippen LogP contribution in [0, 0.1) is 0 Å². The van der Waals surface area contributed by atoms with Gasteiger partial charge >= 0.3 is 6.03 Å². The van der Waals surface area contributed by atoms with Crippen molar-refractivity contribution in [3.63, 3.8) is 0 Å². The van der Waals surface area contributed by atoms with Crippen LogP contribution in [-0.4, -0.2) is 37.1 Å². The van der Waals surface area contributed by atoms with E-state index in [1.54, 1.807) is 0 Å². The molecule has 30 heavy (non-hydrogen) atoms. The highest BCUT2D eigenvalue weighted by Gasteiger charge is 2.19. The highest BCUT2D eigenvalue weighted by atomic mass is 16.5. The Morgan fingerprint density at radius 2 is 1.50 bits per heavy atom. The van der Waals surface area contributed by atoms with E-state index >= 15 is 0 Å². The minimum absolute atomic E-state index is 0.0283. The monoisotopic (exact) mass is 401 g/mol. The van der Waals surface area contributed by atoms with Crippen LogP contribution in [0.1, 0.15) is 12.0 Å². The molecule has 1 fully saturated rings. The molecule has 5 nitrogen and oxygen atoms in total. The number of rotatable bonds is 5. The first-order chi connectivity index (χ1) is 14.8. The van der Waals surface area contributed by atoms with Crippen molar-refractivity contribution in [1.29, 1.82) is 0 Å². The largest absolute Gasteiger partial charge is 0.457 e. The molecular weight excluding hydrogens is 374 g/mol. The number of urea groups is 1. The van der Waals surface area contributed by atoms with Crippen LogP contribution in [0.25, 0.3) is 0 Å². The topological polar surface area (TPSA) is 44.8 Å². The lowest BCUT2D eigenvalue weighted by Crippen LogP contribution is -2.41. The number of anilines is 1. The first-order valence-electron chi connectivity index (χ1n) is 10.4. The number of benzene rings is 3. The molecule has 1 aliphatic heterocycles. The number of carbonyl (C=O) groups is 1. The van der Waals surface area contributed by atoms with Crippen molar-refractivity contribution in [3.8, 4) is 11.5 Å². The van der Waals surface area contributed by atoms with Crippen LogP contribution in [-0.2, 0) is 6.54 Å². The third-order valence-electron chi connectivity index (χ3n) is 5.28. The van der Waals surface area contributed by atoms with Gasteiger partial charge in [0, 0.05) is 44.0 Å². The molecule has 154 valence electrons. The lowest BCUT2D eigenvalue weighted by atomic mass is 10.2. The fourth-order valence-electron chi connectivity index (χ4n) is 3.67. The van der Waals surface area contributed by atoms with E-state index in [2.05, 4.69) is 34.5 Å². The second kappa shape index (κ2) is 9.83. The van der Waals surface area contributed by atoms with Crippen LogP contribution >= 0.6 is 0 Å². The molecule has 1 heterocycles. The summed E-state index contributed by atoms with van der Waals surface area (Å²) in [6.07, 6.45) is 0.954. The van der Waals surface area contributed by atoms with E-state index in [1.807, 2.05) is 65.6 Å². The van der Waals surface area contributed by atoms with E-state index in [4.69, 9.17) is 4.74 Å². The molecule has 0 aliphatic carbocycles. The summed E-state index contributed by atoms with van der Waals surface area (Å²) >= 11 is 0. The summed E-state index contributed by atoms with van der Waals surface area (Å²) in [7, 11) is 0. The van der Waals surface area contributed by atoms with Crippen molar-refractivity contribution in [2.24, 2.45) is 0 Å². The summed E-state index contributed by atoms with van der Waals surface area (Å²) < 4.78 is 6.00. The van der Waals surface area contributed by atoms with Crippen LogP contribution in [0.2, 0.25) is 0 Å². The van der Waals surface area contributed by atoms with Crippen molar-refractivity contribution in [2.75, 3.05) is 31.1 Å². The van der Waals surface area contributed by atoms with Gasteiger partial charge in [-0.1, -0.05) is 54.6 Å². The van der Waals surface area contributed by atoms with E-state index in [-0.39, 0.29) is 6.03 Å². The molecule has 2 amide bonds. The van der Waals surface area contributed by atoms with E-state index < -0.39 is 0 Å². The molecule has 1 aliphatic rings. The quantitative estimate of drug-likeness (QED) is 0.661. The van der Waals surface area contributed by atoms with Gasteiger partial charge in [0.25, 0.3) is 0 Å². The lowest BCUT2D eigenvalue weighted by molar-refractivity contribution is 0.201. The molecule has 0 unspecified atom stereocenters. The van der Waals surface area contributed by atoms with Gasteiger partial charge in [-0.3, -0.25) is 0 Å².